The van der Waals surface area contributed by atoms with Crippen molar-refractivity contribution < 1.29 is 4.52 Å². The topological polar surface area (TPSA) is 56.7 Å². The van der Waals surface area contributed by atoms with Gasteiger partial charge in [0.2, 0.25) is 0 Å². The molecule has 0 aliphatic carbocycles. The van der Waals surface area contributed by atoms with E-state index in [4.69, 9.17) is 4.52 Å². The third-order valence-corrected chi connectivity index (χ3v) is 7.57. The van der Waals surface area contributed by atoms with Gasteiger partial charge in [-0.05, 0) is 13.8 Å². The maximum atomic E-state index is 5.28. The van der Waals surface area contributed by atoms with Crippen molar-refractivity contribution in [1.29, 1.82) is 0 Å². The first-order valence-electron chi connectivity index (χ1n) is 7.38. The Balaban J connectivity index is 2.53. The van der Waals surface area contributed by atoms with Gasteiger partial charge in [-0.2, -0.15) is 0 Å². The molecule has 21 heavy (non-hydrogen) atoms. The van der Waals surface area contributed by atoms with Crippen LogP contribution in [0.4, 0.5) is 0 Å². The summed E-state index contributed by atoms with van der Waals surface area (Å²) in [6.45, 7) is 18.7. The highest BCUT2D eigenvalue weighted by atomic mass is 28.3. The molecule has 0 atom stereocenters. The summed E-state index contributed by atoms with van der Waals surface area (Å²) in [5, 5.41) is 15.7. The normalized spacial score (nSPS) is 13.0. The Bertz CT molecular complexity index is 627. The summed E-state index contributed by atoms with van der Waals surface area (Å²) in [7, 11) is -3.02. The van der Waals surface area contributed by atoms with Crippen LogP contribution in [0, 0.1) is 13.8 Å². The minimum absolute atomic E-state index is 0.707. The van der Waals surface area contributed by atoms with Gasteiger partial charge in [0.05, 0.1) is 17.6 Å². The van der Waals surface area contributed by atoms with E-state index in [2.05, 4.69) is 59.4 Å². The Morgan fingerprint density at radius 3 is 2.05 bits per heavy atom. The van der Waals surface area contributed by atoms with E-state index in [0.29, 0.717) is 6.54 Å². The van der Waals surface area contributed by atoms with E-state index in [1.165, 1.54) is 10.6 Å². The second kappa shape index (κ2) is 5.20. The standard InChI is InChI=1S/C14H26N4OSi2/c1-10-12(11(2)19-16-10)9-18-14(21(6,7)8)13(15-17-18)20(3,4)5/h9H2,1-8H3. The number of hydrogen-bond donors (Lipinski definition) is 0. The molecule has 0 aromatic carbocycles. The summed E-state index contributed by atoms with van der Waals surface area (Å²) in [6.07, 6.45) is 0. The van der Waals surface area contributed by atoms with Gasteiger partial charge >= 0.3 is 0 Å². The van der Waals surface area contributed by atoms with Gasteiger partial charge in [-0.25, -0.2) is 4.68 Å². The zero-order valence-corrected chi connectivity index (χ0v) is 16.4. The molecule has 0 saturated heterocycles. The van der Waals surface area contributed by atoms with Crippen molar-refractivity contribution in [2.45, 2.75) is 59.7 Å². The molecular formula is C14H26N4OSi2. The van der Waals surface area contributed by atoms with Crippen LogP contribution in [0.2, 0.25) is 39.3 Å². The first kappa shape index (κ1) is 16.2. The largest absolute Gasteiger partial charge is 0.361 e. The van der Waals surface area contributed by atoms with Crippen LogP contribution in [-0.2, 0) is 6.54 Å². The number of hydrogen-bond acceptors (Lipinski definition) is 4. The summed E-state index contributed by atoms with van der Waals surface area (Å²) in [4.78, 5) is 0. The zero-order chi connectivity index (χ0) is 16.0. The lowest BCUT2D eigenvalue weighted by Gasteiger charge is -2.23. The molecule has 0 N–H and O–H groups in total. The summed E-state index contributed by atoms with van der Waals surface area (Å²) < 4.78 is 7.37. The molecule has 2 aromatic rings. The second-order valence-electron chi connectivity index (χ2n) is 7.75. The minimum Gasteiger partial charge on any atom is -0.361 e. The monoisotopic (exact) mass is 322 g/mol. The van der Waals surface area contributed by atoms with Crippen LogP contribution in [0.25, 0.3) is 0 Å². The molecule has 0 aliphatic rings. The molecule has 2 heterocycles. The van der Waals surface area contributed by atoms with E-state index in [-0.39, 0.29) is 0 Å². The van der Waals surface area contributed by atoms with Crippen molar-refractivity contribution in [2.75, 3.05) is 0 Å². The van der Waals surface area contributed by atoms with Crippen molar-refractivity contribution >= 4 is 26.8 Å². The third-order valence-electron chi connectivity index (χ3n) is 3.65. The van der Waals surface area contributed by atoms with Gasteiger partial charge in [0, 0.05) is 10.9 Å². The molecule has 7 heteroatoms. The van der Waals surface area contributed by atoms with Crippen molar-refractivity contribution in [2.24, 2.45) is 0 Å². The maximum Gasteiger partial charge on any atom is 0.138 e. The summed E-state index contributed by atoms with van der Waals surface area (Å²) in [5.74, 6) is 0.874. The average molecular weight is 323 g/mol. The van der Waals surface area contributed by atoms with E-state index < -0.39 is 16.1 Å². The Morgan fingerprint density at radius 1 is 1.00 bits per heavy atom. The lowest BCUT2D eigenvalue weighted by Crippen LogP contribution is -2.58. The molecule has 0 aliphatic heterocycles. The molecule has 116 valence electrons. The number of aryl methyl sites for hydroxylation is 2. The van der Waals surface area contributed by atoms with Crippen molar-refractivity contribution in [3.05, 3.63) is 17.0 Å². The van der Waals surface area contributed by atoms with Crippen molar-refractivity contribution in [3.8, 4) is 0 Å². The Kier molecular flexibility index (Phi) is 4.01. The Hall–Kier alpha value is -1.22. The van der Waals surface area contributed by atoms with E-state index in [9.17, 15) is 0 Å². The van der Waals surface area contributed by atoms with Crippen molar-refractivity contribution in [3.63, 3.8) is 0 Å². The quantitative estimate of drug-likeness (QED) is 0.808. The van der Waals surface area contributed by atoms with Crippen LogP contribution in [-0.4, -0.2) is 36.3 Å². The predicted octanol–water partition coefficient (Wildman–Crippen LogP) is 2.02. The van der Waals surface area contributed by atoms with Gasteiger partial charge < -0.3 is 4.52 Å². The summed E-state index contributed by atoms with van der Waals surface area (Å²) in [5.41, 5.74) is 2.07. The summed E-state index contributed by atoms with van der Waals surface area (Å²) >= 11 is 0. The Labute approximate surface area is 128 Å². The number of nitrogens with zero attached hydrogens (tertiary/aromatic N) is 4. The maximum absolute atomic E-state index is 5.28. The van der Waals surface area contributed by atoms with Gasteiger partial charge in [0.25, 0.3) is 0 Å². The van der Waals surface area contributed by atoms with Crippen LogP contribution in [0.5, 0.6) is 0 Å². The van der Waals surface area contributed by atoms with Gasteiger partial charge in [0.1, 0.15) is 21.9 Å². The molecule has 0 unspecified atom stereocenters. The van der Waals surface area contributed by atoms with E-state index in [1.807, 2.05) is 13.8 Å². The molecule has 0 saturated carbocycles. The predicted molar refractivity (Wildman–Crippen MR) is 91.1 cm³/mol. The van der Waals surface area contributed by atoms with Crippen LogP contribution in [0.15, 0.2) is 4.52 Å². The lowest BCUT2D eigenvalue weighted by atomic mass is 10.2. The molecule has 0 amide bonds. The van der Waals surface area contributed by atoms with Crippen LogP contribution >= 0.6 is 0 Å². The van der Waals surface area contributed by atoms with Crippen LogP contribution < -0.4 is 10.6 Å². The fraction of sp³-hybridized carbons (Fsp3) is 0.643. The Morgan fingerprint density at radius 2 is 1.62 bits per heavy atom. The number of rotatable bonds is 4. The molecular weight excluding hydrogens is 296 g/mol. The second-order valence-corrected chi connectivity index (χ2v) is 17.7. The average Bonchev–Trinajstić information content (AvgIpc) is 2.86. The summed E-state index contributed by atoms with van der Waals surface area (Å²) in [6, 6.07) is 0. The highest BCUT2D eigenvalue weighted by molar-refractivity contribution is 6.97. The minimum atomic E-state index is -1.53. The highest BCUT2D eigenvalue weighted by Gasteiger charge is 2.34. The molecule has 2 aromatic heterocycles. The zero-order valence-electron chi connectivity index (χ0n) is 14.4. The molecule has 5 nitrogen and oxygen atoms in total. The lowest BCUT2D eigenvalue weighted by molar-refractivity contribution is 0.391. The SMILES string of the molecule is Cc1noc(C)c1Cn1nnc([Si](C)(C)C)c1[Si](C)(C)C. The highest BCUT2D eigenvalue weighted by Crippen LogP contribution is 2.14. The third kappa shape index (κ3) is 3.18. The molecule has 0 spiro atoms. The molecule has 0 radical (unpaired) electrons. The van der Waals surface area contributed by atoms with Gasteiger partial charge in [-0.1, -0.05) is 49.7 Å². The fourth-order valence-corrected chi connectivity index (χ4v) is 7.64. The van der Waals surface area contributed by atoms with Crippen LogP contribution in [0.3, 0.4) is 0 Å². The first-order valence-corrected chi connectivity index (χ1v) is 14.4. The van der Waals surface area contributed by atoms with Crippen molar-refractivity contribution in [1.82, 2.24) is 20.2 Å². The van der Waals surface area contributed by atoms with E-state index in [0.717, 1.165) is 17.0 Å². The van der Waals surface area contributed by atoms with Crippen LogP contribution in [0.1, 0.15) is 17.0 Å². The van der Waals surface area contributed by atoms with Gasteiger partial charge in [0.15, 0.2) is 0 Å². The van der Waals surface area contributed by atoms with E-state index >= 15 is 0 Å². The molecule has 2 rings (SSSR count). The smallest absolute Gasteiger partial charge is 0.138 e. The van der Waals surface area contributed by atoms with Gasteiger partial charge in [-0.15, -0.1) is 5.10 Å². The first-order chi connectivity index (χ1) is 9.51. The molecule has 0 bridgehead atoms. The van der Waals surface area contributed by atoms with E-state index in [1.54, 1.807) is 0 Å². The number of aromatic nitrogens is 4. The fourth-order valence-electron chi connectivity index (χ4n) is 2.55. The van der Waals surface area contributed by atoms with Gasteiger partial charge in [-0.3, -0.25) is 0 Å². The molecule has 0 fully saturated rings.